The average molecular weight is 296 g/mol. The Morgan fingerprint density at radius 3 is 2.75 bits per heavy atom. The van der Waals surface area contributed by atoms with Crippen LogP contribution in [0.2, 0.25) is 5.02 Å². The number of hydrogen-bond donors (Lipinski definition) is 1. The first kappa shape index (κ1) is 13.9. The Hall–Kier alpha value is -2.54. The third-order valence-corrected chi connectivity index (χ3v) is 2.75. The van der Waals surface area contributed by atoms with E-state index in [1.165, 1.54) is 18.5 Å². The zero-order valence-electron chi connectivity index (χ0n) is 9.84. The Bertz CT molecular complexity index is 693. The van der Waals surface area contributed by atoms with Crippen LogP contribution in [0.1, 0.15) is 10.4 Å². The number of anilines is 1. The number of rotatable bonds is 3. The molecule has 0 spiro atoms. The summed E-state index contributed by atoms with van der Waals surface area (Å²) in [7, 11) is 0. The molecule has 1 amide bonds. The van der Waals surface area contributed by atoms with E-state index in [1.807, 2.05) is 0 Å². The number of nitrogens with zero attached hydrogens (tertiary/aromatic N) is 2. The zero-order chi connectivity index (χ0) is 14.7. The first-order valence-corrected chi connectivity index (χ1v) is 5.71. The minimum Gasteiger partial charge on any atom is -0.319 e. The van der Waals surface area contributed by atoms with Gasteiger partial charge in [0.2, 0.25) is 5.82 Å². The van der Waals surface area contributed by atoms with Crippen molar-refractivity contribution in [1.82, 2.24) is 4.98 Å². The Morgan fingerprint density at radius 1 is 1.40 bits per heavy atom. The second-order valence-corrected chi connectivity index (χ2v) is 4.14. The number of nitro groups is 1. The molecule has 6 nitrogen and oxygen atoms in total. The number of aromatic nitrogens is 1. The van der Waals surface area contributed by atoms with E-state index < -0.39 is 22.3 Å². The molecule has 102 valence electrons. The molecule has 1 heterocycles. The highest BCUT2D eigenvalue weighted by molar-refractivity contribution is 6.33. The van der Waals surface area contributed by atoms with E-state index in [-0.39, 0.29) is 16.3 Å². The van der Waals surface area contributed by atoms with Gasteiger partial charge in [0.15, 0.2) is 0 Å². The second kappa shape index (κ2) is 5.62. The van der Waals surface area contributed by atoms with Gasteiger partial charge >= 0.3 is 5.69 Å². The van der Waals surface area contributed by atoms with E-state index in [1.54, 1.807) is 0 Å². The lowest BCUT2D eigenvalue weighted by atomic mass is 10.2. The highest BCUT2D eigenvalue weighted by Gasteiger charge is 2.17. The van der Waals surface area contributed by atoms with Crippen LogP contribution in [0.4, 0.5) is 15.8 Å². The van der Waals surface area contributed by atoms with Gasteiger partial charge in [-0.1, -0.05) is 11.6 Å². The van der Waals surface area contributed by atoms with Gasteiger partial charge in [0.05, 0.1) is 21.8 Å². The van der Waals surface area contributed by atoms with Crippen LogP contribution in [0, 0.1) is 15.9 Å². The van der Waals surface area contributed by atoms with Crippen LogP contribution in [0.5, 0.6) is 0 Å². The largest absolute Gasteiger partial charge is 0.319 e. The SMILES string of the molecule is O=C(Nc1cnccc1Cl)c1ccc([N+](=O)[O-])c(F)c1. The Labute approximate surface area is 117 Å². The molecule has 0 fully saturated rings. The average Bonchev–Trinajstić information content (AvgIpc) is 2.40. The van der Waals surface area contributed by atoms with E-state index in [9.17, 15) is 19.3 Å². The topological polar surface area (TPSA) is 85.1 Å². The Kier molecular flexibility index (Phi) is 3.90. The summed E-state index contributed by atoms with van der Waals surface area (Å²) in [5.74, 6) is -1.73. The van der Waals surface area contributed by atoms with Gasteiger partial charge < -0.3 is 5.32 Å². The number of carbonyl (C=O) groups excluding carboxylic acids is 1. The quantitative estimate of drug-likeness (QED) is 0.696. The Balaban J connectivity index is 2.24. The number of hydrogen-bond acceptors (Lipinski definition) is 4. The van der Waals surface area contributed by atoms with Crippen LogP contribution < -0.4 is 5.32 Å². The van der Waals surface area contributed by atoms with Crippen molar-refractivity contribution < 1.29 is 14.1 Å². The van der Waals surface area contributed by atoms with Crippen molar-refractivity contribution >= 4 is 28.9 Å². The third-order valence-electron chi connectivity index (χ3n) is 2.42. The molecule has 2 rings (SSSR count). The molecule has 0 unspecified atom stereocenters. The number of nitrogens with one attached hydrogen (secondary N) is 1. The van der Waals surface area contributed by atoms with Crippen LogP contribution in [-0.4, -0.2) is 15.8 Å². The second-order valence-electron chi connectivity index (χ2n) is 3.73. The number of nitro benzene ring substituents is 1. The van der Waals surface area contributed by atoms with Crippen molar-refractivity contribution in [3.05, 3.63) is 63.2 Å². The summed E-state index contributed by atoms with van der Waals surface area (Å²) in [6.07, 6.45) is 2.78. The molecule has 0 radical (unpaired) electrons. The lowest BCUT2D eigenvalue weighted by Crippen LogP contribution is -2.13. The van der Waals surface area contributed by atoms with Crippen molar-refractivity contribution in [3.8, 4) is 0 Å². The molecule has 1 aromatic heterocycles. The van der Waals surface area contributed by atoms with E-state index in [2.05, 4.69) is 10.3 Å². The van der Waals surface area contributed by atoms with Crippen LogP contribution >= 0.6 is 11.6 Å². The molecule has 2 aromatic rings. The van der Waals surface area contributed by atoms with E-state index in [0.29, 0.717) is 0 Å². The summed E-state index contributed by atoms with van der Waals surface area (Å²) in [5, 5.41) is 13.2. The first-order chi connectivity index (χ1) is 9.49. The van der Waals surface area contributed by atoms with Crippen LogP contribution in [0.25, 0.3) is 0 Å². The lowest BCUT2D eigenvalue weighted by molar-refractivity contribution is -0.387. The van der Waals surface area contributed by atoms with Crippen molar-refractivity contribution in [2.45, 2.75) is 0 Å². The summed E-state index contributed by atoms with van der Waals surface area (Å²) >= 11 is 5.84. The summed E-state index contributed by atoms with van der Waals surface area (Å²) in [6, 6.07) is 4.35. The van der Waals surface area contributed by atoms with E-state index in [0.717, 1.165) is 18.2 Å². The monoisotopic (exact) mass is 295 g/mol. The van der Waals surface area contributed by atoms with Crippen molar-refractivity contribution in [2.24, 2.45) is 0 Å². The molecule has 0 saturated heterocycles. The summed E-state index contributed by atoms with van der Waals surface area (Å²) < 4.78 is 13.4. The highest BCUT2D eigenvalue weighted by Crippen LogP contribution is 2.22. The molecule has 0 aliphatic rings. The summed E-state index contributed by atoms with van der Waals surface area (Å²) in [4.78, 5) is 25.3. The molecule has 1 N–H and O–H groups in total. The molecular weight excluding hydrogens is 289 g/mol. The molecule has 0 atom stereocenters. The van der Waals surface area contributed by atoms with Gasteiger partial charge in [-0.2, -0.15) is 4.39 Å². The number of carbonyl (C=O) groups is 1. The molecule has 20 heavy (non-hydrogen) atoms. The summed E-state index contributed by atoms with van der Waals surface area (Å²) in [5.41, 5.74) is -0.494. The highest BCUT2D eigenvalue weighted by atomic mass is 35.5. The predicted octanol–water partition coefficient (Wildman–Crippen LogP) is 3.03. The first-order valence-electron chi connectivity index (χ1n) is 5.34. The molecule has 0 saturated carbocycles. The van der Waals surface area contributed by atoms with Crippen molar-refractivity contribution in [2.75, 3.05) is 5.32 Å². The maximum absolute atomic E-state index is 13.4. The lowest BCUT2D eigenvalue weighted by Gasteiger charge is -2.06. The molecule has 0 aliphatic carbocycles. The number of benzene rings is 1. The standard InChI is InChI=1S/C12H7ClFN3O3/c13-8-3-4-15-6-10(8)16-12(18)7-1-2-11(17(19)20)9(14)5-7/h1-6H,(H,16,18). The maximum atomic E-state index is 13.4. The predicted molar refractivity (Wildman–Crippen MR) is 70.3 cm³/mol. The van der Waals surface area contributed by atoms with Crippen molar-refractivity contribution in [1.29, 1.82) is 0 Å². The van der Waals surface area contributed by atoms with Gasteiger partial charge in [0.1, 0.15) is 0 Å². The normalized spacial score (nSPS) is 10.1. The molecule has 8 heteroatoms. The molecule has 1 aromatic carbocycles. The third kappa shape index (κ3) is 2.89. The van der Waals surface area contributed by atoms with Gasteiger partial charge in [-0.05, 0) is 18.2 Å². The van der Waals surface area contributed by atoms with E-state index in [4.69, 9.17) is 11.6 Å². The van der Waals surface area contributed by atoms with Crippen molar-refractivity contribution in [3.63, 3.8) is 0 Å². The summed E-state index contributed by atoms with van der Waals surface area (Å²) in [6.45, 7) is 0. The van der Waals surface area contributed by atoms with Gasteiger partial charge in [0.25, 0.3) is 5.91 Å². The minimum atomic E-state index is -1.08. The molecule has 0 aliphatic heterocycles. The number of pyridine rings is 1. The maximum Gasteiger partial charge on any atom is 0.304 e. The van der Waals surface area contributed by atoms with Crippen LogP contribution in [-0.2, 0) is 0 Å². The molecule has 0 bridgehead atoms. The van der Waals surface area contributed by atoms with Crippen LogP contribution in [0.3, 0.4) is 0 Å². The fourth-order valence-electron chi connectivity index (χ4n) is 1.46. The van der Waals surface area contributed by atoms with Gasteiger partial charge in [0, 0.05) is 17.8 Å². The molecular formula is C12H7ClFN3O3. The Morgan fingerprint density at radius 2 is 2.15 bits per heavy atom. The minimum absolute atomic E-state index is 0.0620. The van der Waals surface area contributed by atoms with Gasteiger partial charge in [-0.25, -0.2) is 0 Å². The van der Waals surface area contributed by atoms with E-state index >= 15 is 0 Å². The van der Waals surface area contributed by atoms with Gasteiger partial charge in [-0.3, -0.25) is 19.9 Å². The van der Waals surface area contributed by atoms with Gasteiger partial charge in [-0.15, -0.1) is 0 Å². The number of amides is 1. The number of halogens is 2. The zero-order valence-corrected chi connectivity index (χ0v) is 10.6. The smallest absolute Gasteiger partial charge is 0.304 e. The van der Waals surface area contributed by atoms with Crippen LogP contribution in [0.15, 0.2) is 36.7 Å². The fraction of sp³-hybridized carbons (Fsp3) is 0. The fourth-order valence-corrected chi connectivity index (χ4v) is 1.61.